The maximum Gasteiger partial charge on any atom is 0.308 e. The summed E-state index contributed by atoms with van der Waals surface area (Å²) < 4.78 is 5.54. The van der Waals surface area contributed by atoms with Gasteiger partial charge in [-0.1, -0.05) is 39.5 Å². The molecule has 0 amide bonds. The summed E-state index contributed by atoms with van der Waals surface area (Å²) in [6.07, 6.45) is 4.22. The molecule has 2 fully saturated rings. The summed E-state index contributed by atoms with van der Waals surface area (Å²) in [7, 11) is 1.72. The van der Waals surface area contributed by atoms with E-state index in [0.717, 1.165) is 67.4 Å². The summed E-state index contributed by atoms with van der Waals surface area (Å²) in [5, 5.41) is 9.37. The minimum Gasteiger partial charge on any atom is -0.496 e. The summed E-state index contributed by atoms with van der Waals surface area (Å²) in [6.45, 7) is 7.63. The molecular weight excluding hydrogens is 390 g/mol. The Bertz CT molecular complexity index is 872. The summed E-state index contributed by atoms with van der Waals surface area (Å²) in [5.41, 5.74) is 2.82. The van der Waals surface area contributed by atoms with E-state index in [1.165, 1.54) is 5.56 Å². The summed E-state index contributed by atoms with van der Waals surface area (Å²) >= 11 is 0. The molecule has 0 radical (unpaired) electrons. The number of rotatable bonds is 6. The van der Waals surface area contributed by atoms with Crippen molar-refractivity contribution in [2.45, 2.75) is 72.1 Å². The molecule has 4 rings (SSSR count). The molecule has 6 heteroatoms. The Balaban J connectivity index is 0.00000111. The molecule has 1 aromatic carbocycles. The van der Waals surface area contributed by atoms with Gasteiger partial charge in [0.1, 0.15) is 17.4 Å². The van der Waals surface area contributed by atoms with Crippen molar-refractivity contribution < 1.29 is 14.6 Å². The van der Waals surface area contributed by atoms with Gasteiger partial charge < -0.3 is 14.7 Å². The highest BCUT2D eigenvalue weighted by molar-refractivity contribution is 5.73. The number of ether oxygens (including phenoxy) is 1. The average Bonchev–Trinajstić information content (AvgIpc) is 3.62. The predicted molar refractivity (Wildman–Crippen MR) is 125 cm³/mol. The molecule has 1 aliphatic carbocycles. The van der Waals surface area contributed by atoms with Gasteiger partial charge in [0.15, 0.2) is 0 Å². The van der Waals surface area contributed by atoms with Gasteiger partial charge in [-0.2, -0.15) is 0 Å². The highest BCUT2D eigenvalue weighted by Crippen LogP contribution is 2.40. The SMILES string of the molecule is C.CC.COc1ccccc1C1CCN(c2nc(C3CC3)nc(C)c2CC(=O)O)CC1. The minimum atomic E-state index is -0.837. The van der Waals surface area contributed by atoms with Crippen molar-refractivity contribution in [2.75, 3.05) is 25.1 Å². The lowest BCUT2D eigenvalue weighted by Gasteiger charge is -2.34. The number of piperidine rings is 1. The van der Waals surface area contributed by atoms with Crippen molar-refractivity contribution in [3.05, 3.63) is 46.9 Å². The van der Waals surface area contributed by atoms with Gasteiger partial charge in [0, 0.05) is 30.3 Å². The van der Waals surface area contributed by atoms with Crippen LogP contribution in [0.25, 0.3) is 0 Å². The third kappa shape index (κ3) is 5.75. The smallest absolute Gasteiger partial charge is 0.308 e. The first-order chi connectivity index (χ1) is 14.6. The van der Waals surface area contributed by atoms with Gasteiger partial charge in [-0.15, -0.1) is 0 Å². The third-order valence-corrected chi connectivity index (χ3v) is 5.85. The molecule has 0 spiro atoms. The fourth-order valence-corrected chi connectivity index (χ4v) is 4.15. The number of carboxylic acids is 1. The van der Waals surface area contributed by atoms with Crippen LogP contribution in [0.2, 0.25) is 0 Å². The third-order valence-electron chi connectivity index (χ3n) is 5.85. The van der Waals surface area contributed by atoms with Gasteiger partial charge >= 0.3 is 5.97 Å². The number of hydrogen-bond donors (Lipinski definition) is 1. The molecular formula is C25H37N3O3. The first-order valence-corrected chi connectivity index (χ1v) is 11.0. The molecule has 0 bridgehead atoms. The number of nitrogens with zero attached hydrogens (tertiary/aromatic N) is 3. The maximum absolute atomic E-state index is 11.4. The second kappa shape index (κ2) is 11.1. The van der Waals surface area contributed by atoms with Crippen molar-refractivity contribution in [3.63, 3.8) is 0 Å². The summed E-state index contributed by atoms with van der Waals surface area (Å²) in [4.78, 5) is 23.1. The largest absolute Gasteiger partial charge is 0.496 e. The molecule has 2 heterocycles. The van der Waals surface area contributed by atoms with Crippen molar-refractivity contribution >= 4 is 11.8 Å². The number of methoxy groups -OCH3 is 1. The number of carboxylic acid groups (broad SMARTS) is 1. The Morgan fingerprint density at radius 1 is 1.10 bits per heavy atom. The van der Waals surface area contributed by atoms with E-state index in [1.54, 1.807) is 7.11 Å². The maximum atomic E-state index is 11.4. The molecule has 1 aromatic heterocycles. The second-order valence-electron chi connectivity index (χ2n) is 7.82. The Labute approximate surface area is 186 Å². The van der Waals surface area contributed by atoms with E-state index in [0.29, 0.717) is 11.8 Å². The van der Waals surface area contributed by atoms with Gasteiger partial charge in [0.25, 0.3) is 0 Å². The zero-order valence-electron chi connectivity index (χ0n) is 18.5. The molecule has 2 aromatic rings. The van der Waals surface area contributed by atoms with Crippen LogP contribution in [0.1, 0.15) is 81.4 Å². The number of para-hydroxylation sites is 1. The van der Waals surface area contributed by atoms with Crippen LogP contribution in [-0.2, 0) is 11.2 Å². The van der Waals surface area contributed by atoms with Crippen LogP contribution in [0, 0.1) is 6.92 Å². The lowest BCUT2D eigenvalue weighted by atomic mass is 9.88. The van der Waals surface area contributed by atoms with Gasteiger partial charge in [-0.05, 0) is 50.2 Å². The summed E-state index contributed by atoms with van der Waals surface area (Å²) in [6, 6.07) is 8.22. The molecule has 0 unspecified atom stereocenters. The molecule has 1 saturated carbocycles. The number of anilines is 1. The van der Waals surface area contributed by atoms with E-state index in [2.05, 4.69) is 22.0 Å². The van der Waals surface area contributed by atoms with Crippen LogP contribution < -0.4 is 9.64 Å². The molecule has 1 saturated heterocycles. The molecule has 1 N–H and O–H groups in total. The van der Waals surface area contributed by atoms with Crippen LogP contribution in [0.4, 0.5) is 5.82 Å². The number of aryl methyl sites for hydroxylation is 1. The van der Waals surface area contributed by atoms with E-state index >= 15 is 0 Å². The molecule has 31 heavy (non-hydrogen) atoms. The van der Waals surface area contributed by atoms with E-state index in [4.69, 9.17) is 9.72 Å². The zero-order valence-corrected chi connectivity index (χ0v) is 18.5. The lowest BCUT2D eigenvalue weighted by Crippen LogP contribution is -2.35. The fourth-order valence-electron chi connectivity index (χ4n) is 4.15. The second-order valence-corrected chi connectivity index (χ2v) is 7.82. The van der Waals surface area contributed by atoms with Crippen LogP contribution in [-0.4, -0.2) is 41.2 Å². The fraction of sp³-hybridized carbons (Fsp3) is 0.560. The van der Waals surface area contributed by atoms with E-state index in [1.807, 2.05) is 32.9 Å². The number of benzene rings is 1. The Hall–Kier alpha value is -2.63. The quantitative estimate of drug-likeness (QED) is 0.670. The van der Waals surface area contributed by atoms with E-state index in [-0.39, 0.29) is 13.8 Å². The zero-order chi connectivity index (χ0) is 21.7. The standard InChI is InChI=1S/C22H27N3O3.C2H6.CH4/c1-14-18(13-20(26)27)22(24-21(23-14)16-7-8-16)25-11-9-15(10-12-25)17-5-3-4-6-19(17)28-2;1-2;/h3-6,15-16H,7-13H2,1-2H3,(H,26,27);1-2H3;1H4. The van der Waals surface area contributed by atoms with Crippen LogP contribution in [0.3, 0.4) is 0 Å². The first kappa shape index (κ1) is 24.6. The average molecular weight is 428 g/mol. The van der Waals surface area contributed by atoms with Crippen molar-refractivity contribution in [2.24, 2.45) is 0 Å². The molecule has 0 atom stereocenters. The number of aliphatic carboxylic acids is 1. The van der Waals surface area contributed by atoms with Gasteiger partial charge in [-0.25, -0.2) is 9.97 Å². The molecule has 6 nitrogen and oxygen atoms in total. The van der Waals surface area contributed by atoms with Crippen LogP contribution >= 0.6 is 0 Å². The van der Waals surface area contributed by atoms with Crippen molar-refractivity contribution in [3.8, 4) is 5.75 Å². The summed E-state index contributed by atoms with van der Waals surface area (Å²) in [5.74, 6) is 2.71. The molecule has 1 aliphatic heterocycles. The predicted octanol–water partition coefficient (Wildman–Crippen LogP) is 5.34. The van der Waals surface area contributed by atoms with Crippen LogP contribution in [0.15, 0.2) is 24.3 Å². The van der Waals surface area contributed by atoms with Gasteiger partial charge in [-0.3, -0.25) is 4.79 Å². The van der Waals surface area contributed by atoms with Crippen LogP contribution in [0.5, 0.6) is 5.75 Å². The van der Waals surface area contributed by atoms with Crippen molar-refractivity contribution in [1.29, 1.82) is 0 Å². The monoisotopic (exact) mass is 427 g/mol. The Morgan fingerprint density at radius 2 is 1.74 bits per heavy atom. The van der Waals surface area contributed by atoms with E-state index < -0.39 is 5.97 Å². The van der Waals surface area contributed by atoms with Gasteiger partial charge in [0.05, 0.1) is 13.5 Å². The normalized spacial score (nSPS) is 16.1. The topological polar surface area (TPSA) is 75.5 Å². The Morgan fingerprint density at radius 3 is 2.32 bits per heavy atom. The van der Waals surface area contributed by atoms with Gasteiger partial charge in [0.2, 0.25) is 0 Å². The Kier molecular flexibility index (Phi) is 8.84. The molecule has 170 valence electrons. The number of carbonyl (C=O) groups is 1. The lowest BCUT2D eigenvalue weighted by molar-refractivity contribution is -0.136. The number of hydrogen-bond acceptors (Lipinski definition) is 5. The number of aromatic nitrogens is 2. The van der Waals surface area contributed by atoms with E-state index in [9.17, 15) is 9.90 Å². The highest BCUT2D eigenvalue weighted by atomic mass is 16.5. The van der Waals surface area contributed by atoms with Crippen molar-refractivity contribution in [1.82, 2.24) is 9.97 Å². The highest BCUT2D eigenvalue weighted by Gasteiger charge is 2.31. The first-order valence-electron chi connectivity index (χ1n) is 11.0. The minimum absolute atomic E-state index is 0. The molecule has 2 aliphatic rings.